The molecule has 4 nitrogen and oxygen atoms in total. The Labute approximate surface area is 125 Å². The molecule has 1 N–H and O–H groups in total. The van der Waals surface area contributed by atoms with Gasteiger partial charge in [-0.3, -0.25) is 10.1 Å². The molecule has 0 bridgehead atoms. The van der Waals surface area contributed by atoms with Crippen molar-refractivity contribution >= 4 is 23.4 Å². The Morgan fingerprint density at radius 3 is 2.50 bits per heavy atom. The SMILES string of the molecule is O=C(Nc1nsc(Cc2ccc(F)cc2)n1)C(F)C(F)(F)F. The summed E-state index contributed by atoms with van der Waals surface area (Å²) in [7, 11) is 0. The lowest BCUT2D eigenvalue weighted by atomic mass is 10.2. The van der Waals surface area contributed by atoms with Crippen molar-refractivity contribution in [1.82, 2.24) is 9.36 Å². The fourth-order valence-electron chi connectivity index (χ4n) is 1.48. The Morgan fingerprint density at radius 2 is 1.91 bits per heavy atom. The second kappa shape index (κ2) is 6.34. The van der Waals surface area contributed by atoms with Gasteiger partial charge in [0.1, 0.15) is 10.8 Å². The van der Waals surface area contributed by atoms with E-state index >= 15 is 0 Å². The van der Waals surface area contributed by atoms with Gasteiger partial charge in [-0.05, 0) is 29.2 Å². The molecule has 0 aliphatic rings. The van der Waals surface area contributed by atoms with Crippen LogP contribution in [-0.4, -0.2) is 27.6 Å². The van der Waals surface area contributed by atoms with Crippen LogP contribution in [0, 0.1) is 5.82 Å². The highest BCUT2D eigenvalue weighted by molar-refractivity contribution is 7.05. The Balaban J connectivity index is 1.99. The van der Waals surface area contributed by atoms with E-state index in [2.05, 4.69) is 9.36 Å². The molecule has 1 aromatic carbocycles. The molecule has 118 valence electrons. The topological polar surface area (TPSA) is 54.9 Å². The number of aromatic nitrogens is 2. The molecule has 1 heterocycles. The fourth-order valence-corrected chi connectivity index (χ4v) is 2.11. The van der Waals surface area contributed by atoms with Crippen molar-refractivity contribution in [3.8, 4) is 0 Å². The third kappa shape index (κ3) is 4.20. The highest BCUT2D eigenvalue weighted by atomic mass is 32.1. The number of hydrogen-bond donors (Lipinski definition) is 1. The van der Waals surface area contributed by atoms with Crippen LogP contribution in [0.1, 0.15) is 10.6 Å². The molecule has 1 aromatic heterocycles. The van der Waals surface area contributed by atoms with Gasteiger partial charge < -0.3 is 0 Å². The molecular weight excluding hydrogens is 329 g/mol. The maximum absolute atomic E-state index is 12.8. The van der Waals surface area contributed by atoms with Gasteiger partial charge in [-0.15, -0.1) is 0 Å². The van der Waals surface area contributed by atoms with Gasteiger partial charge in [0.25, 0.3) is 12.1 Å². The average molecular weight is 337 g/mol. The first-order chi connectivity index (χ1) is 10.3. The molecule has 2 rings (SSSR count). The highest BCUT2D eigenvalue weighted by Gasteiger charge is 2.45. The van der Waals surface area contributed by atoms with Crippen molar-refractivity contribution in [2.24, 2.45) is 0 Å². The number of benzene rings is 1. The van der Waals surface area contributed by atoms with Crippen LogP contribution >= 0.6 is 11.5 Å². The van der Waals surface area contributed by atoms with Gasteiger partial charge in [0.05, 0.1) is 0 Å². The maximum Gasteiger partial charge on any atom is 0.428 e. The number of amides is 1. The van der Waals surface area contributed by atoms with Crippen molar-refractivity contribution in [2.75, 3.05) is 5.32 Å². The molecular formula is C12H8F5N3OS. The summed E-state index contributed by atoms with van der Waals surface area (Å²) < 4.78 is 65.2. The quantitative estimate of drug-likeness (QED) is 0.872. The smallest absolute Gasteiger partial charge is 0.291 e. The molecule has 0 saturated carbocycles. The number of alkyl halides is 4. The highest BCUT2D eigenvalue weighted by Crippen LogP contribution is 2.24. The van der Waals surface area contributed by atoms with Gasteiger partial charge in [0.2, 0.25) is 5.95 Å². The van der Waals surface area contributed by atoms with Crippen molar-refractivity contribution in [3.63, 3.8) is 0 Å². The van der Waals surface area contributed by atoms with Gasteiger partial charge >= 0.3 is 6.18 Å². The van der Waals surface area contributed by atoms with Crippen LogP contribution in [0.25, 0.3) is 0 Å². The zero-order valence-electron chi connectivity index (χ0n) is 10.7. The minimum absolute atomic E-state index is 0.256. The van der Waals surface area contributed by atoms with Gasteiger partial charge in [-0.2, -0.15) is 17.5 Å². The number of halogens is 5. The van der Waals surface area contributed by atoms with Crippen molar-refractivity contribution in [1.29, 1.82) is 0 Å². The second-order valence-electron chi connectivity index (χ2n) is 4.21. The van der Waals surface area contributed by atoms with E-state index in [4.69, 9.17) is 0 Å². The molecule has 0 saturated heterocycles. The van der Waals surface area contributed by atoms with Crippen LogP contribution in [-0.2, 0) is 11.2 Å². The predicted octanol–water partition coefficient (Wildman–Crippen LogP) is 3.11. The van der Waals surface area contributed by atoms with E-state index in [1.165, 1.54) is 24.3 Å². The molecule has 22 heavy (non-hydrogen) atoms. The third-order valence-corrected chi connectivity index (χ3v) is 3.20. The zero-order valence-corrected chi connectivity index (χ0v) is 11.5. The number of carbonyl (C=O) groups excluding carboxylic acids is 1. The first kappa shape index (κ1) is 16.3. The number of carbonyl (C=O) groups is 1. The standard InChI is InChI=1S/C12H8F5N3OS/c13-7-3-1-6(2-4-7)5-8-18-11(20-22-8)19-10(21)9(14)12(15,16)17/h1-4,9H,5H2,(H,19,20,21). The van der Waals surface area contributed by atoms with Gasteiger partial charge in [0, 0.05) is 6.42 Å². The number of nitrogens with one attached hydrogen (secondary N) is 1. The second-order valence-corrected chi connectivity index (χ2v) is 5.04. The molecule has 2 aromatic rings. The lowest BCUT2D eigenvalue weighted by Crippen LogP contribution is -2.37. The molecule has 1 amide bonds. The molecule has 0 fully saturated rings. The van der Waals surface area contributed by atoms with Crippen LogP contribution in [0.2, 0.25) is 0 Å². The van der Waals surface area contributed by atoms with Gasteiger partial charge in [-0.25, -0.2) is 13.8 Å². The lowest BCUT2D eigenvalue weighted by Gasteiger charge is -2.10. The minimum Gasteiger partial charge on any atom is -0.291 e. The minimum atomic E-state index is -5.28. The molecule has 0 spiro atoms. The molecule has 0 aliphatic carbocycles. The first-order valence-electron chi connectivity index (χ1n) is 5.84. The monoisotopic (exact) mass is 337 g/mol. The number of nitrogens with zero attached hydrogens (tertiary/aromatic N) is 2. The summed E-state index contributed by atoms with van der Waals surface area (Å²) in [5.41, 5.74) is 0.703. The zero-order chi connectivity index (χ0) is 16.3. The summed E-state index contributed by atoms with van der Waals surface area (Å²) >= 11 is 0.836. The summed E-state index contributed by atoms with van der Waals surface area (Å²) in [5, 5.41) is 2.04. The number of hydrogen-bond acceptors (Lipinski definition) is 4. The van der Waals surface area contributed by atoms with Crippen molar-refractivity contribution < 1.29 is 26.7 Å². The molecule has 0 radical (unpaired) electrons. The number of anilines is 1. The van der Waals surface area contributed by atoms with Crippen LogP contribution in [0.3, 0.4) is 0 Å². The van der Waals surface area contributed by atoms with Crippen LogP contribution < -0.4 is 5.32 Å². The van der Waals surface area contributed by atoms with Crippen LogP contribution in [0.15, 0.2) is 24.3 Å². The molecule has 1 atom stereocenters. The molecule has 0 aliphatic heterocycles. The molecule has 10 heteroatoms. The summed E-state index contributed by atoms with van der Waals surface area (Å²) in [6.07, 6.45) is -8.67. The van der Waals surface area contributed by atoms with E-state index in [-0.39, 0.29) is 6.42 Å². The number of rotatable bonds is 4. The Bertz CT molecular complexity index is 656. The van der Waals surface area contributed by atoms with E-state index in [0.29, 0.717) is 10.6 Å². The predicted molar refractivity (Wildman–Crippen MR) is 68.7 cm³/mol. The Kier molecular flexibility index (Phi) is 4.69. The van der Waals surface area contributed by atoms with Crippen LogP contribution in [0.5, 0.6) is 0 Å². The third-order valence-electron chi connectivity index (χ3n) is 2.49. The van der Waals surface area contributed by atoms with Crippen molar-refractivity contribution in [2.45, 2.75) is 18.8 Å². The Morgan fingerprint density at radius 1 is 1.27 bits per heavy atom. The normalized spacial score (nSPS) is 13.0. The van der Waals surface area contributed by atoms with E-state index in [0.717, 1.165) is 11.5 Å². The van der Waals surface area contributed by atoms with E-state index in [1.54, 1.807) is 5.32 Å². The lowest BCUT2D eigenvalue weighted by molar-refractivity contribution is -0.183. The first-order valence-corrected chi connectivity index (χ1v) is 6.62. The van der Waals surface area contributed by atoms with Gasteiger partial charge in [0.15, 0.2) is 0 Å². The summed E-state index contributed by atoms with van der Waals surface area (Å²) in [5.74, 6) is -2.69. The maximum atomic E-state index is 12.8. The fraction of sp³-hybridized carbons (Fsp3) is 0.250. The summed E-state index contributed by atoms with van der Waals surface area (Å²) in [4.78, 5) is 14.8. The Hall–Kier alpha value is -2.10. The van der Waals surface area contributed by atoms with Crippen molar-refractivity contribution in [3.05, 3.63) is 40.7 Å². The van der Waals surface area contributed by atoms with E-state index in [1.807, 2.05) is 0 Å². The van der Waals surface area contributed by atoms with Crippen LogP contribution in [0.4, 0.5) is 27.9 Å². The summed E-state index contributed by atoms with van der Waals surface area (Å²) in [6, 6.07) is 5.51. The summed E-state index contributed by atoms with van der Waals surface area (Å²) in [6.45, 7) is 0. The van der Waals surface area contributed by atoms with Gasteiger partial charge in [-0.1, -0.05) is 12.1 Å². The largest absolute Gasteiger partial charge is 0.428 e. The van der Waals surface area contributed by atoms with E-state index < -0.39 is 30.0 Å². The average Bonchev–Trinajstić information content (AvgIpc) is 2.86. The molecule has 1 unspecified atom stereocenters. The van der Waals surface area contributed by atoms with E-state index in [9.17, 15) is 26.7 Å².